The average Bonchev–Trinajstić information content (AvgIpc) is 2.19. The number of nitrogens with one attached hydrogen (secondary N) is 1. The largest absolute Gasteiger partial charge is 0.349 e. The lowest BCUT2D eigenvalue weighted by Gasteiger charge is -2.12. The molecule has 0 aliphatic heterocycles. The molecule has 1 aromatic carbocycles. The Bertz CT molecular complexity index is 274. The van der Waals surface area contributed by atoms with E-state index in [0.717, 1.165) is 5.56 Å². The first-order valence-corrected chi connectivity index (χ1v) is 4.67. The lowest BCUT2D eigenvalue weighted by Crippen LogP contribution is -2.27. The van der Waals surface area contributed by atoms with Crippen molar-refractivity contribution in [1.82, 2.24) is 5.32 Å². The van der Waals surface area contributed by atoms with Crippen molar-refractivity contribution in [1.29, 1.82) is 0 Å². The van der Waals surface area contributed by atoms with Crippen LogP contribution >= 0.6 is 11.6 Å². The van der Waals surface area contributed by atoms with Gasteiger partial charge in [0.1, 0.15) is 5.88 Å². The molecule has 1 atom stereocenters. The Labute approximate surface area is 82.9 Å². The second kappa shape index (κ2) is 4.87. The predicted octanol–water partition coefficient (Wildman–Crippen LogP) is 2.10. The molecule has 0 aliphatic rings. The number of hydrogen-bond acceptors (Lipinski definition) is 1. The van der Waals surface area contributed by atoms with Crippen molar-refractivity contribution in [3.8, 4) is 0 Å². The first-order chi connectivity index (χ1) is 6.24. The van der Waals surface area contributed by atoms with Gasteiger partial charge < -0.3 is 5.32 Å². The van der Waals surface area contributed by atoms with E-state index in [-0.39, 0.29) is 17.8 Å². The number of hydrogen-bond donors (Lipinski definition) is 1. The molecule has 3 heteroatoms. The number of carbonyl (C=O) groups is 1. The van der Waals surface area contributed by atoms with Crippen LogP contribution in [-0.4, -0.2) is 11.8 Å². The summed E-state index contributed by atoms with van der Waals surface area (Å²) in [5, 5.41) is 2.77. The Morgan fingerprint density at radius 3 is 2.62 bits per heavy atom. The monoisotopic (exact) mass is 197 g/mol. The lowest BCUT2D eigenvalue weighted by molar-refractivity contribution is -0.119. The Morgan fingerprint density at radius 2 is 2.08 bits per heavy atom. The second-order valence-electron chi connectivity index (χ2n) is 2.83. The summed E-state index contributed by atoms with van der Waals surface area (Å²) in [7, 11) is 0. The summed E-state index contributed by atoms with van der Waals surface area (Å²) in [6.45, 7) is 1.93. The third-order valence-electron chi connectivity index (χ3n) is 1.80. The molecule has 70 valence electrons. The molecule has 13 heavy (non-hydrogen) atoms. The van der Waals surface area contributed by atoms with E-state index in [1.165, 1.54) is 0 Å². The Hall–Kier alpha value is -1.02. The fourth-order valence-corrected chi connectivity index (χ4v) is 1.18. The summed E-state index contributed by atoms with van der Waals surface area (Å²) in [6, 6.07) is 9.79. The number of alkyl halides is 1. The van der Waals surface area contributed by atoms with Crippen LogP contribution in [-0.2, 0) is 4.79 Å². The van der Waals surface area contributed by atoms with Gasteiger partial charge >= 0.3 is 0 Å². The molecule has 0 unspecified atom stereocenters. The maximum Gasteiger partial charge on any atom is 0.235 e. The van der Waals surface area contributed by atoms with Crippen LogP contribution in [0.1, 0.15) is 18.5 Å². The second-order valence-corrected chi connectivity index (χ2v) is 3.10. The van der Waals surface area contributed by atoms with Crippen molar-refractivity contribution in [3.05, 3.63) is 35.9 Å². The zero-order chi connectivity index (χ0) is 9.68. The van der Waals surface area contributed by atoms with Gasteiger partial charge in [-0.1, -0.05) is 30.3 Å². The molecule has 1 amide bonds. The minimum absolute atomic E-state index is 0.0111. The Morgan fingerprint density at radius 1 is 1.46 bits per heavy atom. The van der Waals surface area contributed by atoms with E-state index in [9.17, 15) is 4.79 Å². The molecule has 0 saturated carbocycles. The van der Waals surface area contributed by atoms with E-state index in [0.29, 0.717) is 0 Å². The smallest absolute Gasteiger partial charge is 0.235 e. The van der Waals surface area contributed by atoms with Crippen LogP contribution in [0.25, 0.3) is 0 Å². The molecule has 0 bridgehead atoms. The molecule has 1 N–H and O–H groups in total. The van der Waals surface area contributed by atoms with Crippen LogP contribution in [0.15, 0.2) is 30.3 Å². The normalized spacial score (nSPS) is 12.2. The fourth-order valence-electron chi connectivity index (χ4n) is 1.11. The molecule has 0 radical (unpaired) electrons. The molecule has 2 nitrogen and oxygen atoms in total. The van der Waals surface area contributed by atoms with Gasteiger partial charge in [0.25, 0.3) is 0 Å². The summed E-state index contributed by atoms with van der Waals surface area (Å²) in [5.74, 6) is -0.130. The SMILES string of the molecule is C[C@H](NC(=O)CCl)c1ccccc1. The van der Waals surface area contributed by atoms with Gasteiger partial charge in [0.05, 0.1) is 6.04 Å². The lowest BCUT2D eigenvalue weighted by atomic mass is 10.1. The molecule has 0 saturated heterocycles. The summed E-state index contributed by atoms with van der Waals surface area (Å²) in [4.78, 5) is 11.0. The molecule has 0 heterocycles. The maximum atomic E-state index is 11.0. The molecule has 0 aliphatic carbocycles. The highest BCUT2D eigenvalue weighted by molar-refractivity contribution is 6.27. The summed E-state index contributed by atoms with van der Waals surface area (Å²) in [5.41, 5.74) is 1.08. The fraction of sp³-hybridized carbons (Fsp3) is 0.300. The van der Waals surface area contributed by atoms with Crippen LogP contribution < -0.4 is 5.32 Å². The van der Waals surface area contributed by atoms with E-state index in [4.69, 9.17) is 11.6 Å². The number of carbonyl (C=O) groups excluding carboxylic acids is 1. The maximum absolute atomic E-state index is 11.0. The highest BCUT2D eigenvalue weighted by Gasteiger charge is 2.06. The Kier molecular flexibility index (Phi) is 3.77. The molecule has 0 aromatic heterocycles. The molecule has 0 fully saturated rings. The van der Waals surface area contributed by atoms with Crippen LogP contribution in [0.2, 0.25) is 0 Å². The van der Waals surface area contributed by atoms with Gasteiger partial charge in [-0.2, -0.15) is 0 Å². The van der Waals surface area contributed by atoms with Crippen LogP contribution in [0.4, 0.5) is 0 Å². The number of benzene rings is 1. The van der Waals surface area contributed by atoms with Gasteiger partial charge in [0.2, 0.25) is 5.91 Å². The third kappa shape index (κ3) is 3.07. The summed E-state index contributed by atoms with van der Waals surface area (Å²) in [6.07, 6.45) is 0. The zero-order valence-corrected chi connectivity index (χ0v) is 8.21. The highest BCUT2D eigenvalue weighted by Crippen LogP contribution is 2.10. The van der Waals surface area contributed by atoms with Crippen molar-refractivity contribution in [2.24, 2.45) is 0 Å². The first-order valence-electron chi connectivity index (χ1n) is 4.14. The van der Waals surface area contributed by atoms with E-state index in [2.05, 4.69) is 5.32 Å². The first kappa shape index (κ1) is 10.1. The van der Waals surface area contributed by atoms with E-state index < -0.39 is 0 Å². The number of amides is 1. The van der Waals surface area contributed by atoms with Crippen molar-refractivity contribution in [2.75, 3.05) is 5.88 Å². The molecule has 1 aromatic rings. The quantitative estimate of drug-likeness (QED) is 0.739. The minimum atomic E-state index is -0.141. The van der Waals surface area contributed by atoms with Gasteiger partial charge in [0, 0.05) is 0 Å². The van der Waals surface area contributed by atoms with Crippen molar-refractivity contribution < 1.29 is 4.79 Å². The van der Waals surface area contributed by atoms with E-state index in [1.54, 1.807) is 0 Å². The standard InChI is InChI=1S/C10H12ClNO/c1-8(12-10(13)7-11)9-5-3-2-4-6-9/h2-6,8H,7H2,1H3,(H,12,13)/t8-/m0/s1. The minimum Gasteiger partial charge on any atom is -0.349 e. The predicted molar refractivity (Wildman–Crippen MR) is 53.7 cm³/mol. The van der Waals surface area contributed by atoms with Gasteiger partial charge in [-0.3, -0.25) is 4.79 Å². The number of rotatable bonds is 3. The molecular formula is C10H12ClNO. The van der Waals surface area contributed by atoms with Crippen molar-refractivity contribution >= 4 is 17.5 Å². The third-order valence-corrected chi connectivity index (χ3v) is 2.04. The van der Waals surface area contributed by atoms with Crippen molar-refractivity contribution in [2.45, 2.75) is 13.0 Å². The van der Waals surface area contributed by atoms with Crippen molar-refractivity contribution in [3.63, 3.8) is 0 Å². The molecule has 0 spiro atoms. The average molecular weight is 198 g/mol. The topological polar surface area (TPSA) is 29.1 Å². The van der Waals surface area contributed by atoms with Gasteiger partial charge in [-0.05, 0) is 12.5 Å². The van der Waals surface area contributed by atoms with Crippen LogP contribution in [0.5, 0.6) is 0 Å². The van der Waals surface area contributed by atoms with Crippen LogP contribution in [0.3, 0.4) is 0 Å². The van der Waals surface area contributed by atoms with E-state index >= 15 is 0 Å². The van der Waals surface area contributed by atoms with E-state index in [1.807, 2.05) is 37.3 Å². The Balaban J connectivity index is 2.59. The van der Waals surface area contributed by atoms with Crippen LogP contribution in [0, 0.1) is 0 Å². The summed E-state index contributed by atoms with van der Waals surface area (Å²) >= 11 is 5.37. The van der Waals surface area contributed by atoms with Gasteiger partial charge in [-0.15, -0.1) is 11.6 Å². The van der Waals surface area contributed by atoms with Gasteiger partial charge in [0.15, 0.2) is 0 Å². The summed E-state index contributed by atoms with van der Waals surface area (Å²) < 4.78 is 0. The number of halogens is 1. The molecule has 1 rings (SSSR count). The molecular weight excluding hydrogens is 186 g/mol. The van der Waals surface area contributed by atoms with Gasteiger partial charge in [-0.25, -0.2) is 0 Å². The highest BCUT2D eigenvalue weighted by atomic mass is 35.5. The zero-order valence-electron chi connectivity index (χ0n) is 7.46.